The van der Waals surface area contributed by atoms with Gasteiger partial charge in [-0.15, -0.1) is 5.10 Å². The molecular weight excluding hydrogens is 298 g/mol. The van der Waals surface area contributed by atoms with Crippen LogP contribution >= 0.6 is 23.4 Å². The summed E-state index contributed by atoms with van der Waals surface area (Å²) in [6, 6.07) is 7.32. The topological polar surface area (TPSA) is 80.5 Å². The Bertz CT molecular complexity index is 726. The molecular formula is C12H10ClN5OS. The average molecular weight is 308 g/mol. The Morgan fingerprint density at radius 1 is 1.35 bits per heavy atom. The Morgan fingerprint density at radius 3 is 3.00 bits per heavy atom. The van der Waals surface area contributed by atoms with Crippen LogP contribution in [0.25, 0.3) is 11.4 Å². The van der Waals surface area contributed by atoms with Crippen molar-refractivity contribution in [3.05, 3.63) is 41.0 Å². The zero-order chi connectivity index (χ0) is 13.9. The summed E-state index contributed by atoms with van der Waals surface area (Å²) in [5.74, 6) is 2.34. The SMILES string of the molecule is Cc1nc(SCc2nc(-c3cccc(Cl)c3)no2)n[nH]1. The van der Waals surface area contributed by atoms with Crippen molar-refractivity contribution in [1.29, 1.82) is 0 Å². The average Bonchev–Trinajstić information content (AvgIpc) is 3.05. The van der Waals surface area contributed by atoms with Crippen LogP contribution in [-0.4, -0.2) is 25.3 Å². The van der Waals surface area contributed by atoms with E-state index in [-0.39, 0.29) is 0 Å². The minimum absolute atomic E-state index is 0.519. The van der Waals surface area contributed by atoms with Gasteiger partial charge in [0.25, 0.3) is 0 Å². The lowest BCUT2D eigenvalue weighted by molar-refractivity contribution is 0.391. The van der Waals surface area contributed by atoms with Gasteiger partial charge in [-0.2, -0.15) is 4.98 Å². The zero-order valence-electron chi connectivity index (χ0n) is 10.5. The van der Waals surface area contributed by atoms with Gasteiger partial charge in [-0.3, -0.25) is 5.10 Å². The van der Waals surface area contributed by atoms with E-state index in [1.165, 1.54) is 11.8 Å². The van der Waals surface area contributed by atoms with Crippen LogP contribution in [0, 0.1) is 6.92 Å². The fourth-order valence-corrected chi connectivity index (χ4v) is 2.44. The molecule has 0 spiro atoms. The molecule has 0 saturated heterocycles. The van der Waals surface area contributed by atoms with Crippen LogP contribution in [-0.2, 0) is 5.75 Å². The molecule has 2 aromatic heterocycles. The molecule has 0 aliphatic heterocycles. The number of rotatable bonds is 4. The van der Waals surface area contributed by atoms with Crippen molar-refractivity contribution >= 4 is 23.4 Å². The van der Waals surface area contributed by atoms with Crippen molar-refractivity contribution in [3.8, 4) is 11.4 Å². The number of nitrogens with zero attached hydrogens (tertiary/aromatic N) is 4. The highest BCUT2D eigenvalue weighted by Crippen LogP contribution is 2.22. The highest BCUT2D eigenvalue weighted by Gasteiger charge is 2.10. The van der Waals surface area contributed by atoms with E-state index in [1.54, 1.807) is 12.1 Å². The van der Waals surface area contributed by atoms with Crippen molar-refractivity contribution in [3.63, 3.8) is 0 Å². The number of aromatic amines is 1. The van der Waals surface area contributed by atoms with Crippen LogP contribution in [0.3, 0.4) is 0 Å². The van der Waals surface area contributed by atoms with E-state index in [2.05, 4.69) is 25.3 Å². The molecule has 0 aliphatic rings. The van der Waals surface area contributed by atoms with Crippen molar-refractivity contribution in [2.75, 3.05) is 0 Å². The van der Waals surface area contributed by atoms with Crippen molar-refractivity contribution in [2.24, 2.45) is 0 Å². The highest BCUT2D eigenvalue weighted by atomic mass is 35.5. The van der Waals surface area contributed by atoms with Crippen LogP contribution in [0.2, 0.25) is 5.02 Å². The smallest absolute Gasteiger partial charge is 0.237 e. The molecule has 0 radical (unpaired) electrons. The van der Waals surface area contributed by atoms with Gasteiger partial charge in [-0.1, -0.05) is 40.7 Å². The van der Waals surface area contributed by atoms with Crippen LogP contribution in [0.1, 0.15) is 11.7 Å². The van der Waals surface area contributed by atoms with Gasteiger partial charge in [0.2, 0.25) is 16.9 Å². The van der Waals surface area contributed by atoms with Gasteiger partial charge in [0, 0.05) is 10.6 Å². The number of hydrogen-bond donors (Lipinski definition) is 1. The molecule has 0 atom stereocenters. The standard InChI is InChI=1S/C12H10ClN5OS/c1-7-14-12(17-16-7)20-6-10-15-11(18-19-10)8-3-2-4-9(13)5-8/h2-5H,6H2,1H3,(H,14,16,17). The number of hydrogen-bond acceptors (Lipinski definition) is 6. The molecule has 3 aromatic rings. The van der Waals surface area contributed by atoms with E-state index >= 15 is 0 Å². The molecule has 0 aliphatic carbocycles. The van der Waals surface area contributed by atoms with Gasteiger partial charge >= 0.3 is 0 Å². The summed E-state index contributed by atoms with van der Waals surface area (Å²) >= 11 is 7.37. The molecule has 3 rings (SSSR count). The number of halogens is 1. The highest BCUT2D eigenvalue weighted by molar-refractivity contribution is 7.98. The molecule has 0 bridgehead atoms. The van der Waals surface area contributed by atoms with Crippen molar-refractivity contribution in [1.82, 2.24) is 25.3 Å². The van der Waals surface area contributed by atoms with E-state index in [0.29, 0.717) is 27.6 Å². The fourth-order valence-electron chi connectivity index (χ4n) is 1.57. The summed E-state index contributed by atoms with van der Waals surface area (Å²) in [5, 5.41) is 12.0. The van der Waals surface area contributed by atoms with E-state index in [1.807, 2.05) is 19.1 Å². The second-order valence-electron chi connectivity index (χ2n) is 4.01. The van der Waals surface area contributed by atoms with Crippen molar-refractivity contribution in [2.45, 2.75) is 17.8 Å². The molecule has 8 heteroatoms. The molecule has 0 amide bonds. The Kier molecular flexibility index (Phi) is 3.70. The van der Waals surface area contributed by atoms with Crippen LogP contribution in [0.15, 0.2) is 33.9 Å². The summed E-state index contributed by atoms with van der Waals surface area (Å²) in [4.78, 5) is 8.51. The third-order valence-electron chi connectivity index (χ3n) is 2.45. The third kappa shape index (κ3) is 3.00. The summed E-state index contributed by atoms with van der Waals surface area (Å²) in [5.41, 5.74) is 0.825. The number of benzene rings is 1. The molecule has 20 heavy (non-hydrogen) atoms. The van der Waals surface area contributed by atoms with E-state index in [0.717, 1.165) is 11.4 Å². The first-order chi connectivity index (χ1) is 9.70. The Hall–Kier alpha value is -1.86. The number of nitrogens with one attached hydrogen (secondary N) is 1. The maximum atomic E-state index is 5.93. The van der Waals surface area contributed by atoms with Gasteiger partial charge in [0.05, 0.1) is 5.75 Å². The van der Waals surface area contributed by atoms with Crippen LogP contribution in [0.5, 0.6) is 0 Å². The summed E-state index contributed by atoms with van der Waals surface area (Å²) in [6.07, 6.45) is 0. The predicted octanol–water partition coefficient (Wildman–Crippen LogP) is 3.11. The van der Waals surface area contributed by atoms with E-state index < -0.39 is 0 Å². The second kappa shape index (κ2) is 5.64. The summed E-state index contributed by atoms with van der Waals surface area (Å²) in [7, 11) is 0. The molecule has 102 valence electrons. The Labute approximate surface area is 124 Å². The maximum absolute atomic E-state index is 5.93. The first kappa shape index (κ1) is 13.1. The zero-order valence-corrected chi connectivity index (χ0v) is 12.1. The predicted molar refractivity (Wildman–Crippen MR) is 75.4 cm³/mol. The lowest BCUT2D eigenvalue weighted by atomic mass is 10.2. The van der Waals surface area contributed by atoms with Gasteiger partial charge < -0.3 is 4.52 Å². The summed E-state index contributed by atoms with van der Waals surface area (Å²) in [6.45, 7) is 1.85. The Morgan fingerprint density at radius 2 is 2.25 bits per heavy atom. The molecule has 1 N–H and O–H groups in total. The van der Waals surface area contributed by atoms with Gasteiger partial charge in [-0.25, -0.2) is 4.98 Å². The van der Waals surface area contributed by atoms with Gasteiger partial charge in [0.1, 0.15) is 5.82 Å². The van der Waals surface area contributed by atoms with Gasteiger partial charge in [0.15, 0.2) is 0 Å². The molecule has 0 fully saturated rings. The summed E-state index contributed by atoms with van der Waals surface area (Å²) < 4.78 is 5.20. The normalized spacial score (nSPS) is 10.9. The molecule has 0 saturated carbocycles. The van der Waals surface area contributed by atoms with Gasteiger partial charge in [-0.05, 0) is 19.1 Å². The molecule has 0 unspecified atom stereocenters. The van der Waals surface area contributed by atoms with Crippen LogP contribution < -0.4 is 0 Å². The quantitative estimate of drug-likeness (QED) is 0.746. The largest absolute Gasteiger partial charge is 0.338 e. The Balaban J connectivity index is 1.70. The minimum Gasteiger partial charge on any atom is -0.338 e. The van der Waals surface area contributed by atoms with Crippen molar-refractivity contribution < 1.29 is 4.52 Å². The monoisotopic (exact) mass is 307 g/mol. The number of thioether (sulfide) groups is 1. The second-order valence-corrected chi connectivity index (χ2v) is 5.39. The molecule has 2 heterocycles. The maximum Gasteiger partial charge on any atom is 0.237 e. The number of H-pyrrole nitrogens is 1. The molecule has 1 aromatic carbocycles. The first-order valence-electron chi connectivity index (χ1n) is 5.81. The number of aromatic nitrogens is 5. The van der Waals surface area contributed by atoms with E-state index in [9.17, 15) is 0 Å². The van der Waals surface area contributed by atoms with Crippen LogP contribution in [0.4, 0.5) is 0 Å². The third-order valence-corrected chi connectivity index (χ3v) is 3.52. The first-order valence-corrected chi connectivity index (χ1v) is 7.17. The fraction of sp³-hybridized carbons (Fsp3) is 0.167. The van der Waals surface area contributed by atoms with E-state index in [4.69, 9.17) is 16.1 Å². The minimum atomic E-state index is 0.519. The molecule has 6 nitrogen and oxygen atoms in total. The lowest BCUT2D eigenvalue weighted by Crippen LogP contribution is -1.84. The lowest BCUT2D eigenvalue weighted by Gasteiger charge is -1.93. The number of aryl methyl sites for hydroxylation is 1.